The molecular weight excluding hydrogens is 344 g/mol. The first-order chi connectivity index (χ1) is 11.0. The highest BCUT2D eigenvalue weighted by atomic mass is 35.5. The SMILES string of the molecule is O=C(Nc1cccc(Cl)c1Cl)c1nnc(-c2ccc(F)cc2)o1. The molecule has 0 aliphatic heterocycles. The Morgan fingerprint density at radius 1 is 1.09 bits per heavy atom. The minimum atomic E-state index is -0.630. The first kappa shape index (κ1) is 15.5. The van der Waals surface area contributed by atoms with Crippen molar-refractivity contribution in [2.45, 2.75) is 0 Å². The summed E-state index contributed by atoms with van der Waals surface area (Å²) in [5.74, 6) is -1.16. The lowest BCUT2D eigenvalue weighted by molar-refractivity contribution is 0.0991. The summed E-state index contributed by atoms with van der Waals surface area (Å²) in [5, 5.41) is 10.5. The zero-order valence-corrected chi connectivity index (χ0v) is 12.9. The molecule has 1 aromatic heterocycles. The van der Waals surface area contributed by atoms with Gasteiger partial charge in [0.1, 0.15) is 5.82 Å². The lowest BCUT2D eigenvalue weighted by Crippen LogP contribution is -2.12. The summed E-state index contributed by atoms with van der Waals surface area (Å²) >= 11 is 11.9. The number of hydrogen-bond acceptors (Lipinski definition) is 4. The van der Waals surface area contributed by atoms with Crippen LogP contribution in [0.3, 0.4) is 0 Å². The second-order valence-electron chi connectivity index (χ2n) is 4.47. The molecular formula is C15H8Cl2FN3O2. The number of carbonyl (C=O) groups is 1. The summed E-state index contributed by atoms with van der Waals surface area (Å²) in [4.78, 5) is 12.1. The van der Waals surface area contributed by atoms with Crippen LogP contribution in [0.1, 0.15) is 10.7 Å². The monoisotopic (exact) mass is 351 g/mol. The predicted octanol–water partition coefficient (Wildman–Crippen LogP) is 4.43. The number of aromatic nitrogens is 2. The van der Waals surface area contributed by atoms with Crippen LogP contribution in [0.15, 0.2) is 46.9 Å². The van der Waals surface area contributed by atoms with Gasteiger partial charge in [0.05, 0.1) is 15.7 Å². The molecule has 5 nitrogen and oxygen atoms in total. The van der Waals surface area contributed by atoms with Gasteiger partial charge >= 0.3 is 11.8 Å². The zero-order valence-electron chi connectivity index (χ0n) is 11.4. The fourth-order valence-corrected chi connectivity index (χ4v) is 2.15. The summed E-state index contributed by atoms with van der Waals surface area (Å²) in [6.07, 6.45) is 0. The predicted molar refractivity (Wildman–Crippen MR) is 84.1 cm³/mol. The third kappa shape index (κ3) is 3.33. The number of benzene rings is 2. The van der Waals surface area contributed by atoms with Gasteiger partial charge in [0.2, 0.25) is 5.89 Å². The van der Waals surface area contributed by atoms with Crippen molar-refractivity contribution in [3.8, 4) is 11.5 Å². The quantitative estimate of drug-likeness (QED) is 0.757. The Morgan fingerprint density at radius 3 is 2.57 bits per heavy atom. The van der Waals surface area contributed by atoms with Crippen molar-refractivity contribution in [3.05, 3.63) is 64.2 Å². The van der Waals surface area contributed by atoms with Crippen LogP contribution in [0, 0.1) is 5.82 Å². The average Bonchev–Trinajstić information content (AvgIpc) is 3.02. The van der Waals surface area contributed by atoms with Gasteiger partial charge in [0.15, 0.2) is 0 Å². The van der Waals surface area contributed by atoms with Gasteiger partial charge in [-0.2, -0.15) is 0 Å². The Hall–Kier alpha value is -2.44. The number of halogens is 3. The van der Waals surface area contributed by atoms with Crippen molar-refractivity contribution in [1.29, 1.82) is 0 Å². The Balaban J connectivity index is 1.81. The van der Waals surface area contributed by atoms with Crippen LogP contribution in [0.25, 0.3) is 11.5 Å². The largest absolute Gasteiger partial charge is 0.412 e. The highest BCUT2D eigenvalue weighted by molar-refractivity contribution is 6.44. The first-order valence-electron chi connectivity index (χ1n) is 6.39. The van der Waals surface area contributed by atoms with Crippen molar-refractivity contribution >= 4 is 34.8 Å². The summed E-state index contributed by atoms with van der Waals surface area (Å²) in [7, 11) is 0. The molecule has 0 aliphatic carbocycles. The van der Waals surface area contributed by atoms with E-state index in [0.29, 0.717) is 16.3 Å². The van der Waals surface area contributed by atoms with Gasteiger partial charge in [-0.05, 0) is 36.4 Å². The number of rotatable bonds is 3. The van der Waals surface area contributed by atoms with Crippen LogP contribution in [0.2, 0.25) is 10.0 Å². The average molecular weight is 352 g/mol. The Kier molecular flexibility index (Phi) is 4.27. The topological polar surface area (TPSA) is 68.0 Å². The van der Waals surface area contributed by atoms with Crippen LogP contribution in [0.5, 0.6) is 0 Å². The molecule has 0 saturated heterocycles. The van der Waals surface area contributed by atoms with E-state index >= 15 is 0 Å². The molecule has 0 atom stereocenters. The molecule has 0 unspecified atom stereocenters. The third-order valence-corrected chi connectivity index (χ3v) is 3.73. The van der Waals surface area contributed by atoms with Crippen LogP contribution in [-0.2, 0) is 0 Å². The van der Waals surface area contributed by atoms with E-state index in [2.05, 4.69) is 15.5 Å². The van der Waals surface area contributed by atoms with Crippen molar-refractivity contribution in [2.75, 3.05) is 5.32 Å². The summed E-state index contributed by atoms with van der Waals surface area (Å²) in [6, 6.07) is 10.3. The Morgan fingerprint density at radius 2 is 1.83 bits per heavy atom. The molecule has 0 saturated carbocycles. The molecule has 2 aromatic carbocycles. The van der Waals surface area contributed by atoms with Crippen LogP contribution in [0.4, 0.5) is 10.1 Å². The van der Waals surface area contributed by atoms with Crippen molar-refractivity contribution in [2.24, 2.45) is 0 Å². The lowest BCUT2D eigenvalue weighted by atomic mass is 10.2. The Labute approximate surface area is 140 Å². The van der Waals surface area contributed by atoms with Crippen LogP contribution in [-0.4, -0.2) is 16.1 Å². The smallest absolute Gasteiger partial charge is 0.313 e. The molecule has 1 amide bonds. The Bertz CT molecular complexity index is 865. The number of nitrogens with zero attached hydrogens (tertiary/aromatic N) is 2. The fraction of sp³-hybridized carbons (Fsp3) is 0. The molecule has 1 heterocycles. The zero-order chi connectivity index (χ0) is 16.4. The molecule has 3 rings (SSSR count). The molecule has 23 heavy (non-hydrogen) atoms. The summed E-state index contributed by atoms with van der Waals surface area (Å²) in [6.45, 7) is 0. The maximum atomic E-state index is 12.9. The molecule has 116 valence electrons. The van der Waals surface area contributed by atoms with Gasteiger partial charge < -0.3 is 9.73 Å². The van der Waals surface area contributed by atoms with Gasteiger partial charge in [0.25, 0.3) is 0 Å². The van der Waals surface area contributed by atoms with E-state index in [-0.39, 0.29) is 22.6 Å². The van der Waals surface area contributed by atoms with Gasteiger partial charge in [0, 0.05) is 5.56 Å². The van der Waals surface area contributed by atoms with E-state index in [1.165, 1.54) is 24.3 Å². The molecule has 0 spiro atoms. The number of carbonyl (C=O) groups excluding carboxylic acids is 1. The maximum absolute atomic E-state index is 12.9. The summed E-state index contributed by atoms with van der Waals surface area (Å²) < 4.78 is 18.2. The highest BCUT2D eigenvalue weighted by Gasteiger charge is 2.17. The van der Waals surface area contributed by atoms with Crippen molar-refractivity contribution in [3.63, 3.8) is 0 Å². The molecule has 8 heteroatoms. The molecule has 3 aromatic rings. The van der Waals surface area contributed by atoms with E-state index in [4.69, 9.17) is 27.6 Å². The first-order valence-corrected chi connectivity index (χ1v) is 7.15. The maximum Gasteiger partial charge on any atom is 0.313 e. The van der Waals surface area contributed by atoms with E-state index in [9.17, 15) is 9.18 Å². The molecule has 0 fully saturated rings. The molecule has 0 radical (unpaired) electrons. The van der Waals surface area contributed by atoms with Gasteiger partial charge in [-0.25, -0.2) is 4.39 Å². The van der Waals surface area contributed by atoms with Crippen LogP contribution >= 0.6 is 23.2 Å². The molecule has 1 N–H and O–H groups in total. The number of hydrogen-bond donors (Lipinski definition) is 1. The van der Waals surface area contributed by atoms with Crippen molar-refractivity contribution < 1.29 is 13.6 Å². The fourth-order valence-electron chi connectivity index (χ4n) is 1.80. The lowest BCUT2D eigenvalue weighted by Gasteiger charge is -2.05. The van der Waals surface area contributed by atoms with Crippen molar-refractivity contribution in [1.82, 2.24) is 10.2 Å². The van der Waals surface area contributed by atoms with E-state index < -0.39 is 5.91 Å². The molecule has 0 aliphatic rings. The van der Waals surface area contributed by atoms with E-state index in [1.54, 1.807) is 18.2 Å². The second-order valence-corrected chi connectivity index (χ2v) is 5.26. The normalized spacial score (nSPS) is 10.6. The number of nitrogens with one attached hydrogen (secondary N) is 1. The minimum Gasteiger partial charge on any atom is -0.412 e. The summed E-state index contributed by atoms with van der Waals surface area (Å²) in [5.41, 5.74) is 0.824. The standard InChI is InChI=1S/C15H8Cl2FN3O2/c16-10-2-1-3-11(12(10)17)19-13(22)15-21-20-14(23-15)8-4-6-9(18)7-5-8/h1-7H,(H,19,22). The minimum absolute atomic E-state index is 0.104. The third-order valence-electron chi connectivity index (χ3n) is 2.91. The highest BCUT2D eigenvalue weighted by Crippen LogP contribution is 2.29. The second kappa shape index (κ2) is 6.36. The number of anilines is 1. The number of amides is 1. The van der Waals surface area contributed by atoms with Gasteiger partial charge in [-0.3, -0.25) is 4.79 Å². The van der Waals surface area contributed by atoms with Gasteiger partial charge in [-0.15, -0.1) is 10.2 Å². The van der Waals surface area contributed by atoms with Gasteiger partial charge in [-0.1, -0.05) is 29.3 Å². The van der Waals surface area contributed by atoms with E-state index in [0.717, 1.165) is 0 Å². The molecule has 0 bridgehead atoms. The van der Waals surface area contributed by atoms with E-state index in [1.807, 2.05) is 0 Å². The van der Waals surface area contributed by atoms with Crippen LogP contribution < -0.4 is 5.32 Å².